The lowest BCUT2D eigenvalue weighted by molar-refractivity contribution is -0.148. The number of primary amides is 1. The number of Topliss-reactive ketones (excluding diaryl/α,β-unsaturated/α-hetero) is 3. The number of carbonyl (C=O) groups excluding carboxylic acids is 8. The van der Waals surface area contributed by atoms with Gasteiger partial charge in [0, 0.05) is 19.3 Å². The van der Waals surface area contributed by atoms with Gasteiger partial charge < -0.3 is 48.1 Å². The molecule has 0 aromatic rings. The van der Waals surface area contributed by atoms with E-state index in [-0.39, 0.29) is 25.7 Å². The second-order valence-electron chi connectivity index (χ2n) is 23.5. The van der Waals surface area contributed by atoms with Crippen LogP contribution in [0.2, 0.25) is 0 Å². The number of hydrogen-bond donors (Lipinski definition) is 10. The number of unbranched alkanes of at least 4 members (excludes halogenated alkanes) is 36. The summed E-state index contributed by atoms with van der Waals surface area (Å²) in [5, 5.41) is 38.8. The minimum atomic E-state index is -2.97. The summed E-state index contributed by atoms with van der Waals surface area (Å²) in [5.41, 5.74) is 9.35. The fourth-order valence-corrected chi connectivity index (χ4v) is 11.0. The summed E-state index contributed by atoms with van der Waals surface area (Å²) >= 11 is 4.80. The van der Waals surface area contributed by atoms with Crippen LogP contribution in [0.5, 0.6) is 0 Å². The van der Waals surface area contributed by atoms with Crippen LogP contribution in [-0.4, -0.2) is 116 Å². The maximum absolute atomic E-state index is 14.9. The van der Waals surface area contributed by atoms with Crippen molar-refractivity contribution in [2.24, 2.45) is 11.5 Å². The number of aliphatic hydroxyl groups excluding tert-OH is 2. The number of hydrogen-bond acceptors (Lipinski definition) is 13. The molecule has 5 amide bonds. The summed E-state index contributed by atoms with van der Waals surface area (Å²) < 4.78 is -2.68. The molecule has 0 aromatic heterocycles. The predicted molar refractivity (Wildman–Crippen MR) is 334 cm³/mol. The van der Waals surface area contributed by atoms with Crippen molar-refractivity contribution in [1.82, 2.24) is 21.3 Å². The first kappa shape index (κ1) is 79.1. The number of carboxylic acids is 1. The highest BCUT2D eigenvalue weighted by molar-refractivity contribution is 7.84. The van der Waals surface area contributed by atoms with Crippen LogP contribution in [0.3, 0.4) is 0 Å². The normalized spacial score (nSPS) is 13.7. The molecule has 0 aromatic carbocycles. The average molecular weight is 1200 g/mol. The van der Waals surface area contributed by atoms with Crippen LogP contribution in [-0.2, 0) is 43.2 Å². The Hall–Kier alpha value is -3.94. The molecule has 482 valence electrons. The third-order valence-electron chi connectivity index (χ3n) is 16.1. The lowest BCUT2D eigenvalue weighted by Gasteiger charge is -2.41. The predicted octanol–water partition coefficient (Wildman–Crippen LogP) is 10.4. The van der Waals surface area contributed by atoms with Gasteiger partial charge in [-0.1, -0.05) is 252 Å². The van der Waals surface area contributed by atoms with Crippen molar-refractivity contribution in [3.63, 3.8) is 0 Å². The van der Waals surface area contributed by atoms with Crippen LogP contribution < -0.4 is 32.7 Å². The molecule has 0 bridgehead atoms. The zero-order valence-corrected chi connectivity index (χ0v) is 53.1. The third-order valence-corrected chi connectivity index (χ3v) is 16.9. The van der Waals surface area contributed by atoms with Crippen LogP contribution >= 0.6 is 12.6 Å². The van der Waals surface area contributed by atoms with E-state index in [4.69, 9.17) is 24.1 Å². The van der Waals surface area contributed by atoms with Crippen molar-refractivity contribution in [1.29, 1.82) is 0 Å². The number of carboxylic acid groups (broad SMARTS) is 1. The Balaban J connectivity index is 6.67. The van der Waals surface area contributed by atoms with Gasteiger partial charge in [-0.05, 0) is 26.2 Å². The van der Waals surface area contributed by atoms with Crippen molar-refractivity contribution < 1.29 is 58.5 Å². The monoisotopic (exact) mass is 1190 g/mol. The molecule has 5 atom stereocenters. The van der Waals surface area contributed by atoms with E-state index >= 15 is 0 Å². The van der Waals surface area contributed by atoms with E-state index in [0.29, 0.717) is 32.1 Å². The lowest BCUT2D eigenvalue weighted by Crippen LogP contribution is -2.76. The Morgan fingerprint density at radius 2 is 0.651 bits per heavy atom. The largest absolute Gasteiger partial charge is 0.480 e. The van der Waals surface area contributed by atoms with Crippen LogP contribution in [0.1, 0.15) is 304 Å². The number of nitrogens with one attached hydrogen (secondary N) is 4. The fourth-order valence-electron chi connectivity index (χ4n) is 10.5. The van der Waals surface area contributed by atoms with Crippen molar-refractivity contribution in [2.45, 2.75) is 338 Å². The lowest BCUT2D eigenvalue weighted by atomic mass is 9.71. The number of amides is 5. The Labute approximate surface area is 506 Å². The molecule has 19 heteroatoms. The van der Waals surface area contributed by atoms with E-state index in [0.717, 1.165) is 90.4 Å². The van der Waals surface area contributed by atoms with Crippen molar-refractivity contribution in [3.05, 3.63) is 0 Å². The Morgan fingerprint density at radius 3 is 0.928 bits per heavy atom. The SMILES string of the molecule is CCCCCCCCCCCCCCCC(=O)C(S)(C(=O)CCCCCCCCCCCCCCC)[C@@](N)(C(=O)CCCCCCCCCCCCCCC)C(=O)N[C@@H](CO)C(=O)N[C@@H](CO)C(=O)N[C@@H](CC(N)=O)C(=O)N[C@@H](C)C(=O)O. The van der Waals surface area contributed by atoms with Crippen LogP contribution in [0.15, 0.2) is 0 Å². The molecule has 0 fully saturated rings. The number of thiol groups is 1. The molecule has 11 N–H and O–H groups in total. The number of nitrogens with two attached hydrogens (primary N) is 2. The number of ketones is 3. The molecule has 0 aliphatic heterocycles. The van der Waals surface area contributed by atoms with Crippen LogP contribution in [0.4, 0.5) is 0 Å². The maximum atomic E-state index is 14.9. The summed E-state index contributed by atoms with van der Waals surface area (Å²) in [6.45, 7) is 5.49. The summed E-state index contributed by atoms with van der Waals surface area (Å²) in [4.78, 5) is 123. The first-order chi connectivity index (χ1) is 39.8. The minimum Gasteiger partial charge on any atom is -0.480 e. The Morgan fingerprint density at radius 1 is 0.398 bits per heavy atom. The topological polar surface area (TPSA) is 314 Å². The van der Waals surface area contributed by atoms with Crippen LogP contribution in [0.25, 0.3) is 0 Å². The summed E-state index contributed by atoms with van der Waals surface area (Å²) in [6, 6.07) is -7.05. The molecule has 0 saturated carbocycles. The van der Waals surface area contributed by atoms with Gasteiger partial charge >= 0.3 is 5.97 Å². The molecule has 0 heterocycles. The second-order valence-corrected chi connectivity index (χ2v) is 24.2. The van der Waals surface area contributed by atoms with E-state index in [1.165, 1.54) is 128 Å². The number of aliphatic carboxylic acids is 1. The van der Waals surface area contributed by atoms with Gasteiger partial charge in [0.2, 0.25) is 23.6 Å². The van der Waals surface area contributed by atoms with Gasteiger partial charge in [-0.2, -0.15) is 12.6 Å². The molecule has 0 unspecified atom stereocenters. The van der Waals surface area contributed by atoms with Gasteiger partial charge in [-0.15, -0.1) is 0 Å². The number of carbonyl (C=O) groups is 9. The van der Waals surface area contributed by atoms with Crippen LogP contribution in [0, 0.1) is 0 Å². The van der Waals surface area contributed by atoms with Crippen molar-refractivity contribution in [2.75, 3.05) is 13.2 Å². The molecule has 0 saturated heterocycles. The molecular formula is C64H118N6O12S. The van der Waals surface area contributed by atoms with Gasteiger partial charge in [0.15, 0.2) is 27.6 Å². The second kappa shape index (κ2) is 50.2. The highest BCUT2D eigenvalue weighted by Crippen LogP contribution is 2.36. The first-order valence-corrected chi connectivity index (χ1v) is 33.3. The quantitative estimate of drug-likeness (QED) is 0.0154. The highest BCUT2D eigenvalue weighted by Gasteiger charge is 2.64. The zero-order valence-electron chi connectivity index (χ0n) is 52.2. The third kappa shape index (κ3) is 34.7. The van der Waals surface area contributed by atoms with Gasteiger partial charge in [0.25, 0.3) is 5.91 Å². The fraction of sp³-hybridized carbons (Fsp3) is 0.859. The van der Waals surface area contributed by atoms with Gasteiger partial charge in [-0.25, -0.2) is 0 Å². The Bertz CT molecular complexity index is 1780. The molecule has 0 rings (SSSR count). The smallest absolute Gasteiger partial charge is 0.325 e. The highest BCUT2D eigenvalue weighted by atomic mass is 32.1. The Kier molecular flexibility index (Phi) is 47.8. The van der Waals surface area contributed by atoms with E-state index < -0.39 is 107 Å². The van der Waals surface area contributed by atoms with Crippen molar-refractivity contribution >= 4 is 65.5 Å². The molecule has 18 nitrogen and oxygen atoms in total. The summed E-state index contributed by atoms with van der Waals surface area (Å²) in [7, 11) is 0. The van der Waals surface area contributed by atoms with E-state index in [1.807, 2.05) is 0 Å². The van der Waals surface area contributed by atoms with E-state index in [2.05, 4.69) is 42.0 Å². The van der Waals surface area contributed by atoms with E-state index in [9.17, 15) is 58.5 Å². The maximum Gasteiger partial charge on any atom is 0.325 e. The number of rotatable bonds is 59. The molecule has 83 heavy (non-hydrogen) atoms. The average Bonchev–Trinajstić information content (AvgIpc) is 1.69. The zero-order chi connectivity index (χ0) is 62.2. The molecular weight excluding hydrogens is 1080 g/mol. The molecule has 0 aliphatic carbocycles. The minimum absolute atomic E-state index is 0.203. The van der Waals surface area contributed by atoms with E-state index in [1.54, 1.807) is 0 Å². The van der Waals surface area contributed by atoms with Gasteiger partial charge in [-0.3, -0.25) is 43.2 Å². The van der Waals surface area contributed by atoms with Crippen molar-refractivity contribution in [3.8, 4) is 0 Å². The summed E-state index contributed by atoms with van der Waals surface area (Å²) in [5.74, 6) is -10.1. The molecule has 0 spiro atoms. The molecule has 0 radical (unpaired) electrons. The summed E-state index contributed by atoms with van der Waals surface area (Å²) in [6.07, 6.45) is 39.2. The standard InChI is InChI=1S/C64H118N6O12S/c1-5-8-11-14-17-20-23-26-29-32-35-38-41-44-54(73)63(66,62(82)70-53(49-72)60(79)69-52(48-71)59(78)68-51(47-57(65)76)58(77)67-50(4)61(80)81)64(83,55(74)45-42-39-36-33-30-27-24-21-18-15-12-9-6-2)56(75)46-43-40-37-34-31-28-25-22-19-16-13-10-7-3/h50-53,71-72,83H,5-49,66H2,1-4H3,(H2,65,76)(H,67,77)(H,68,78)(H,69,79)(H,70,82)(H,80,81)/t50-,51-,52-,53-,63+/m0/s1. The number of aliphatic hydroxyl groups is 2. The van der Waals surface area contributed by atoms with Gasteiger partial charge in [0.1, 0.15) is 24.2 Å². The molecule has 0 aliphatic rings. The first-order valence-electron chi connectivity index (χ1n) is 32.9. The van der Waals surface area contributed by atoms with Gasteiger partial charge in [0.05, 0.1) is 19.6 Å².